The van der Waals surface area contributed by atoms with Crippen LogP contribution >= 0.6 is 15.9 Å². The van der Waals surface area contributed by atoms with Crippen LogP contribution in [0.4, 0.5) is 5.82 Å². The molecule has 7 heteroatoms. The van der Waals surface area contributed by atoms with Gasteiger partial charge in [-0.1, -0.05) is 0 Å². The van der Waals surface area contributed by atoms with E-state index >= 15 is 0 Å². The van der Waals surface area contributed by atoms with Crippen LogP contribution in [0.2, 0.25) is 0 Å². The Morgan fingerprint density at radius 3 is 2.71 bits per heavy atom. The Labute approximate surface area is 109 Å². The smallest absolute Gasteiger partial charge is 0.233 e. The van der Waals surface area contributed by atoms with Crippen LogP contribution in [0.1, 0.15) is 0 Å². The number of hydrogen-bond donors (Lipinski definition) is 1. The Kier molecular flexibility index (Phi) is 6.83. The van der Waals surface area contributed by atoms with Gasteiger partial charge in [-0.05, 0) is 15.9 Å². The van der Waals surface area contributed by atoms with E-state index in [1.165, 1.54) is 6.33 Å². The molecule has 1 rings (SSSR count). The lowest BCUT2D eigenvalue weighted by molar-refractivity contribution is 0.0535. The zero-order valence-corrected chi connectivity index (χ0v) is 11.5. The van der Waals surface area contributed by atoms with E-state index < -0.39 is 0 Å². The molecular formula is C10H16BrN3O3. The molecule has 0 fully saturated rings. The maximum absolute atomic E-state index is 5.46. The van der Waals surface area contributed by atoms with Gasteiger partial charge in [0.05, 0.1) is 19.8 Å². The fraction of sp³-hybridized carbons (Fsp3) is 0.600. The predicted octanol–water partition coefficient (Wildman–Crippen LogP) is 1.32. The van der Waals surface area contributed by atoms with Gasteiger partial charge in [-0.3, -0.25) is 0 Å². The highest BCUT2D eigenvalue weighted by Gasteiger charge is 2.07. The van der Waals surface area contributed by atoms with Gasteiger partial charge in [0.1, 0.15) is 23.2 Å². The van der Waals surface area contributed by atoms with Gasteiger partial charge in [-0.15, -0.1) is 0 Å². The van der Waals surface area contributed by atoms with Gasteiger partial charge < -0.3 is 19.5 Å². The molecule has 1 N–H and O–H groups in total. The molecule has 0 aliphatic carbocycles. The molecule has 0 aromatic carbocycles. The highest BCUT2D eigenvalue weighted by Crippen LogP contribution is 2.27. The summed E-state index contributed by atoms with van der Waals surface area (Å²) in [4.78, 5) is 8.05. The summed E-state index contributed by atoms with van der Waals surface area (Å²) in [5.41, 5.74) is 0. The zero-order chi connectivity index (χ0) is 12.5. The summed E-state index contributed by atoms with van der Waals surface area (Å²) < 4.78 is 16.3. The third-order valence-corrected chi connectivity index (χ3v) is 2.61. The molecule has 0 amide bonds. The average molecular weight is 306 g/mol. The standard InChI is InChI=1S/C10H16BrN3O3/c1-12-9-8(11)10(14-7-13-9)17-6-5-16-4-3-15-2/h7H,3-6H2,1-2H3,(H,12,13,14). The SMILES string of the molecule is CNc1ncnc(OCCOCCOC)c1Br. The lowest BCUT2D eigenvalue weighted by Crippen LogP contribution is -2.11. The van der Waals surface area contributed by atoms with Gasteiger partial charge in [0.15, 0.2) is 0 Å². The third-order valence-electron chi connectivity index (χ3n) is 1.89. The van der Waals surface area contributed by atoms with Crippen molar-refractivity contribution in [2.75, 3.05) is 45.9 Å². The Morgan fingerprint density at radius 1 is 1.24 bits per heavy atom. The van der Waals surface area contributed by atoms with Crippen LogP contribution < -0.4 is 10.1 Å². The summed E-state index contributed by atoms with van der Waals surface area (Å²) in [6, 6.07) is 0. The normalized spacial score (nSPS) is 10.3. The average Bonchev–Trinajstić information content (AvgIpc) is 2.35. The molecule has 1 aromatic rings. The van der Waals surface area contributed by atoms with E-state index in [9.17, 15) is 0 Å². The molecule has 0 spiro atoms. The number of rotatable bonds is 8. The van der Waals surface area contributed by atoms with Gasteiger partial charge in [0.25, 0.3) is 0 Å². The second-order valence-electron chi connectivity index (χ2n) is 3.05. The molecule has 96 valence electrons. The van der Waals surface area contributed by atoms with Crippen molar-refractivity contribution in [2.45, 2.75) is 0 Å². The Balaban J connectivity index is 2.31. The molecule has 0 saturated carbocycles. The molecule has 0 aliphatic heterocycles. The Hall–Kier alpha value is -0.920. The second kappa shape index (κ2) is 8.21. The number of hydrogen-bond acceptors (Lipinski definition) is 6. The van der Waals surface area contributed by atoms with Crippen molar-refractivity contribution in [3.05, 3.63) is 10.8 Å². The van der Waals surface area contributed by atoms with Crippen LogP contribution in [0.5, 0.6) is 5.88 Å². The van der Waals surface area contributed by atoms with Crippen molar-refractivity contribution in [3.8, 4) is 5.88 Å². The summed E-state index contributed by atoms with van der Waals surface area (Å²) in [6.45, 7) is 2.07. The molecule has 17 heavy (non-hydrogen) atoms. The van der Waals surface area contributed by atoms with Crippen molar-refractivity contribution in [3.63, 3.8) is 0 Å². The molecule has 0 unspecified atom stereocenters. The first-order valence-electron chi connectivity index (χ1n) is 5.17. The van der Waals surface area contributed by atoms with Crippen molar-refractivity contribution in [1.29, 1.82) is 0 Å². The van der Waals surface area contributed by atoms with E-state index in [0.717, 1.165) is 0 Å². The van der Waals surface area contributed by atoms with Crippen molar-refractivity contribution in [2.24, 2.45) is 0 Å². The van der Waals surface area contributed by atoms with Gasteiger partial charge in [-0.25, -0.2) is 9.97 Å². The van der Waals surface area contributed by atoms with E-state index in [0.29, 0.717) is 42.6 Å². The quantitative estimate of drug-likeness (QED) is 0.731. The minimum atomic E-state index is 0.433. The molecule has 1 aromatic heterocycles. The largest absolute Gasteiger partial charge is 0.474 e. The molecule has 1 heterocycles. The fourth-order valence-electron chi connectivity index (χ4n) is 1.07. The number of nitrogens with zero attached hydrogens (tertiary/aromatic N) is 2. The topological polar surface area (TPSA) is 65.5 Å². The van der Waals surface area contributed by atoms with Crippen LogP contribution in [-0.4, -0.2) is 50.6 Å². The number of anilines is 1. The monoisotopic (exact) mass is 305 g/mol. The van der Waals surface area contributed by atoms with E-state index in [4.69, 9.17) is 14.2 Å². The minimum absolute atomic E-state index is 0.433. The summed E-state index contributed by atoms with van der Waals surface area (Å²) >= 11 is 3.36. The Morgan fingerprint density at radius 2 is 2.00 bits per heavy atom. The molecular weight excluding hydrogens is 290 g/mol. The van der Waals surface area contributed by atoms with Crippen LogP contribution in [0, 0.1) is 0 Å². The first kappa shape index (κ1) is 14.1. The van der Waals surface area contributed by atoms with Crippen LogP contribution in [-0.2, 0) is 9.47 Å². The second-order valence-corrected chi connectivity index (χ2v) is 3.84. The maximum Gasteiger partial charge on any atom is 0.233 e. The molecule has 0 bridgehead atoms. The van der Waals surface area contributed by atoms with Crippen LogP contribution in [0.15, 0.2) is 10.8 Å². The lowest BCUT2D eigenvalue weighted by atomic mass is 10.5. The van der Waals surface area contributed by atoms with E-state index in [1.54, 1.807) is 14.2 Å². The van der Waals surface area contributed by atoms with Gasteiger partial charge in [0.2, 0.25) is 5.88 Å². The minimum Gasteiger partial charge on any atom is -0.474 e. The number of ether oxygens (including phenoxy) is 3. The predicted molar refractivity (Wildman–Crippen MR) is 67.5 cm³/mol. The maximum atomic E-state index is 5.46. The number of aromatic nitrogens is 2. The molecule has 0 atom stereocenters. The van der Waals surface area contributed by atoms with E-state index in [1.807, 2.05) is 0 Å². The first-order valence-corrected chi connectivity index (χ1v) is 5.96. The summed E-state index contributed by atoms with van der Waals surface area (Å²) in [7, 11) is 3.42. The molecule has 0 aliphatic rings. The van der Waals surface area contributed by atoms with Crippen molar-refractivity contribution in [1.82, 2.24) is 9.97 Å². The van der Waals surface area contributed by atoms with Crippen LogP contribution in [0.3, 0.4) is 0 Å². The first-order chi connectivity index (χ1) is 8.29. The van der Waals surface area contributed by atoms with E-state index in [2.05, 4.69) is 31.2 Å². The summed E-state index contributed by atoms with van der Waals surface area (Å²) in [6.07, 6.45) is 1.44. The molecule has 6 nitrogen and oxygen atoms in total. The lowest BCUT2D eigenvalue weighted by Gasteiger charge is -2.09. The van der Waals surface area contributed by atoms with Gasteiger partial charge in [-0.2, -0.15) is 0 Å². The fourth-order valence-corrected chi connectivity index (χ4v) is 1.59. The van der Waals surface area contributed by atoms with Crippen LogP contribution in [0.25, 0.3) is 0 Å². The molecule has 0 radical (unpaired) electrons. The number of halogens is 1. The molecule has 0 saturated heterocycles. The zero-order valence-electron chi connectivity index (χ0n) is 9.90. The number of methoxy groups -OCH3 is 1. The van der Waals surface area contributed by atoms with Gasteiger partial charge >= 0.3 is 0 Å². The Bertz CT molecular complexity index is 339. The highest BCUT2D eigenvalue weighted by molar-refractivity contribution is 9.10. The van der Waals surface area contributed by atoms with E-state index in [-0.39, 0.29) is 0 Å². The third kappa shape index (κ3) is 4.84. The highest BCUT2D eigenvalue weighted by atomic mass is 79.9. The van der Waals surface area contributed by atoms with Crippen molar-refractivity contribution >= 4 is 21.7 Å². The van der Waals surface area contributed by atoms with Crippen molar-refractivity contribution < 1.29 is 14.2 Å². The summed E-state index contributed by atoms with van der Waals surface area (Å²) in [5.74, 6) is 1.19. The summed E-state index contributed by atoms with van der Waals surface area (Å²) in [5, 5.41) is 2.93. The number of nitrogens with one attached hydrogen (secondary N) is 1. The van der Waals surface area contributed by atoms with Gasteiger partial charge in [0, 0.05) is 14.2 Å².